The molecule has 0 bridgehead atoms. The van der Waals surface area contributed by atoms with Gasteiger partial charge in [0.25, 0.3) is 5.91 Å². The van der Waals surface area contributed by atoms with Gasteiger partial charge in [-0.2, -0.15) is 0 Å². The highest BCUT2D eigenvalue weighted by atomic mass is 32.2. The quantitative estimate of drug-likeness (QED) is 0.606. The summed E-state index contributed by atoms with van der Waals surface area (Å²) in [6.45, 7) is 3.64. The Balaban J connectivity index is 1.61. The molecule has 1 aromatic rings. The van der Waals surface area contributed by atoms with Crippen LogP contribution >= 0.6 is 24.0 Å². The average Bonchev–Trinajstić information content (AvgIpc) is 2.89. The van der Waals surface area contributed by atoms with Crippen molar-refractivity contribution in [3.8, 4) is 0 Å². The van der Waals surface area contributed by atoms with Crippen LogP contribution in [0.25, 0.3) is 6.08 Å². The Labute approximate surface area is 161 Å². The Kier molecular flexibility index (Phi) is 6.05. The molecule has 26 heavy (non-hydrogen) atoms. The van der Waals surface area contributed by atoms with Crippen LogP contribution in [-0.4, -0.2) is 65.7 Å². The van der Waals surface area contributed by atoms with Crippen LogP contribution < -0.4 is 4.90 Å². The van der Waals surface area contributed by atoms with Gasteiger partial charge in [0, 0.05) is 18.5 Å². The van der Waals surface area contributed by atoms with E-state index in [1.165, 1.54) is 21.9 Å². The van der Waals surface area contributed by atoms with Gasteiger partial charge in [0.2, 0.25) is 5.91 Å². The van der Waals surface area contributed by atoms with Gasteiger partial charge in [0.15, 0.2) is 0 Å². The summed E-state index contributed by atoms with van der Waals surface area (Å²) in [7, 11) is 2.11. The maximum atomic E-state index is 13.8. The van der Waals surface area contributed by atoms with Crippen molar-refractivity contribution >= 4 is 46.2 Å². The van der Waals surface area contributed by atoms with Gasteiger partial charge in [-0.15, -0.1) is 0 Å². The molecule has 2 aliphatic heterocycles. The number of thiocarbonyl (C=S) groups is 1. The van der Waals surface area contributed by atoms with Crippen molar-refractivity contribution in [3.05, 3.63) is 40.6 Å². The minimum Gasteiger partial charge on any atom is -0.334 e. The normalized spacial score (nSPS) is 20.3. The fourth-order valence-electron chi connectivity index (χ4n) is 2.93. The number of likely N-dealkylation sites (N-methyl/N-ethyl adjacent to an activating group) is 1. The van der Waals surface area contributed by atoms with E-state index in [2.05, 4.69) is 7.05 Å². The summed E-state index contributed by atoms with van der Waals surface area (Å²) in [6, 6.07) is 6.28. The third-order valence-electron chi connectivity index (χ3n) is 4.58. The van der Waals surface area contributed by atoms with E-state index >= 15 is 0 Å². The summed E-state index contributed by atoms with van der Waals surface area (Å²) in [5, 5.41) is 0. The number of piperazine rings is 1. The number of amides is 2. The molecule has 0 aromatic heterocycles. The molecule has 2 amide bonds. The highest BCUT2D eigenvalue weighted by Crippen LogP contribution is 2.33. The van der Waals surface area contributed by atoms with Gasteiger partial charge in [-0.25, -0.2) is 4.39 Å². The molecule has 8 heteroatoms. The summed E-state index contributed by atoms with van der Waals surface area (Å²) in [5.74, 6) is -0.603. The van der Waals surface area contributed by atoms with E-state index in [0.717, 1.165) is 37.9 Å². The molecule has 1 aromatic carbocycles. The zero-order valence-electron chi connectivity index (χ0n) is 14.5. The minimum absolute atomic E-state index is 0.0460. The van der Waals surface area contributed by atoms with Crippen molar-refractivity contribution < 1.29 is 18.9 Å². The van der Waals surface area contributed by atoms with Crippen molar-refractivity contribution in [2.24, 2.45) is 0 Å². The van der Waals surface area contributed by atoms with Crippen LogP contribution in [0, 0.1) is 5.82 Å². The van der Waals surface area contributed by atoms with Crippen LogP contribution in [-0.2, 0) is 9.59 Å². The standard InChI is InChI=1S/C18H20FN3O2S2/c1-20-8-10-21(11-9-20)16(23)6-7-22-17(24)15(26-18(22)25)12-13-4-2-3-5-14(13)19/h2-5,12H,6-11H2,1H3/p+1. The van der Waals surface area contributed by atoms with Crippen molar-refractivity contribution in [2.75, 3.05) is 39.8 Å². The monoisotopic (exact) mass is 394 g/mol. The first-order chi connectivity index (χ1) is 12.5. The Morgan fingerprint density at radius 1 is 1.35 bits per heavy atom. The largest absolute Gasteiger partial charge is 0.334 e. The molecule has 0 saturated carbocycles. The molecule has 0 radical (unpaired) electrons. The maximum Gasteiger partial charge on any atom is 0.266 e. The second-order valence-electron chi connectivity index (χ2n) is 6.44. The highest BCUT2D eigenvalue weighted by Gasteiger charge is 2.33. The molecular weight excluding hydrogens is 373 g/mol. The number of rotatable bonds is 4. The van der Waals surface area contributed by atoms with Gasteiger partial charge in [-0.3, -0.25) is 14.5 Å². The third-order valence-corrected chi connectivity index (χ3v) is 5.96. The number of hydrogen-bond acceptors (Lipinski definition) is 4. The summed E-state index contributed by atoms with van der Waals surface area (Å²) in [5.41, 5.74) is 0.351. The number of thioether (sulfide) groups is 1. The second kappa shape index (κ2) is 8.28. The Hall–Kier alpha value is -1.77. The first-order valence-electron chi connectivity index (χ1n) is 8.54. The lowest BCUT2D eigenvalue weighted by molar-refractivity contribution is -0.883. The smallest absolute Gasteiger partial charge is 0.266 e. The predicted octanol–water partition coefficient (Wildman–Crippen LogP) is 0.774. The molecule has 2 aliphatic rings. The third kappa shape index (κ3) is 4.31. The Bertz CT molecular complexity index is 761. The number of nitrogens with one attached hydrogen (secondary N) is 1. The first kappa shape index (κ1) is 19.0. The van der Waals surface area contributed by atoms with Gasteiger partial charge in [0.1, 0.15) is 10.1 Å². The van der Waals surface area contributed by atoms with Gasteiger partial charge in [0.05, 0.1) is 38.1 Å². The van der Waals surface area contributed by atoms with E-state index in [4.69, 9.17) is 12.2 Å². The Morgan fingerprint density at radius 2 is 2.04 bits per heavy atom. The molecule has 2 fully saturated rings. The van der Waals surface area contributed by atoms with E-state index in [1.807, 2.05) is 4.90 Å². The number of carbonyl (C=O) groups is 2. The minimum atomic E-state index is -0.384. The Morgan fingerprint density at radius 3 is 2.73 bits per heavy atom. The molecule has 1 N–H and O–H groups in total. The van der Waals surface area contributed by atoms with Crippen LogP contribution in [0.2, 0.25) is 0 Å². The molecular formula is C18H21FN3O2S2+. The zero-order valence-corrected chi connectivity index (χ0v) is 16.2. The molecule has 138 valence electrons. The van der Waals surface area contributed by atoms with E-state index in [0.29, 0.717) is 14.8 Å². The maximum absolute atomic E-state index is 13.8. The molecule has 2 heterocycles. The van der Waals surface area contributed by atoms with E-state index in [9.17, 15) is 14.0 Å². The number of quaternary nitrogens is 1. The second-order valence-corrected chi connectivity index (χ2v) is 8.12. The van der Waals surface area contributed by atoms with Crippen LogP contribution in [0.15, 0.2) is 29.2 Å². The van der Waals surface area contributed by atoms with E-state index in [1.54, 1.807) is 18.2 Å². The fourth-order valence-corrected chi connectivity index (χ4v) is 4.23. The lowest BCUT2D eigenvalue weighted by Gasteiger charge is -2.30. The lowest BCUT2D eigenvalue weighted by Crippen LogP contribution is -3.12. The van der Waals surface area contributed by atoms with Gasteiger partial charge < -0.3 is 9.80 Å². The van der Waals surface area contributed by atoms with Crippen LogP contribution in [0.5, 0.6) is 0 Å². The summed E-state index contributed by atoms with van der Waals surface area (Å²) in [4.78, 5) is 30.0. The average molecular weight is 395 g/mol. The molecule has 0 spiro atoms. The summed E-state index contributed by atoms with van der Waals surface area (Å²) < 4.78 is 14.2. The number of nitrogens with zero attached hydrogens (tertiary/aromatic N) is 2. The SMILES string of the molecule is C[NH+]1CCN(C(=O)CCN2C(=O)C(=Cc3ccccc3F)SC2=S)CC1. The fraction of sp³-hybridized carbons (Fsp3) is 0.389. The molecule has 3 rings (SSSR count). The van der Waals surface area contributed by atoms with Gasteiger partial charge in [-0.05, 0) is 12.1 Å². The first-order valence-corrected chi connectivity index (χ1v) is 9.77. The number of hydrogen-bond donors (Lipinski definition) is 1. The topological polar surface area (TPSA) is 45.1 Å². The van der Waals surface area contributed by atoms with Crippen molar-refractivity contribution in [1.29, 1.82) is 0 Å². The molecule has 2 saturated heterocycles. The highest BCUT2D eigenvalue weighted by molar-refractivity contribution is 8.26. The zero-order chi connectivity index (χ0) is 18.7. The molecule has 5 nitrogen and oxygen atoms in total. The summed E-state index contributed by atoms with van der Waals surface area (Å²) >= 11 is 6.42. The van der Waals surface area contributed by atoms with Crippen molar-refractivity contribution in [2.45, 2.75) is 6.42 Å². The number of halogens is 1. The molecule has 0 atom stereocenters. The predicted molar refractivity (Wildman–Crippen MR) is 104 cm³/mol. The number of benzene rings is 1. The van der Waals surface area contributed by atoms with E-state index < -0.39 is 0 Å². The molecule has 0 aliphatic carbocycles. The molecule has 0 unspecified atom stereocenters. The van der Waals surface area contributed by atoms with Crippen molar-refractivity contribution in [3.63, 3.8) is 0 Å². The van der Waals surface area contributed by atoms with Crippen LogP contribution in [0.4, 0.5) is 4.39 Å². The number of carbonyl (C=O) groups excluding carboxylic acids is 2. The van der Waals surface area contributed by atoms with Gasteiger partial charge in [-0.1, -0.05) is 42.2 Å². The lowest BCUT2D eigenvalue weighted by atomic mass is 10.2. The van der Waals surface area contributed by atoms with Crippen molar-refractivity contribution in [1.82, 2.24) is 9.80 Å². The summed E-state index contributed by atoms with van der Waals surface area (Å²) in [6.07, 6.45) is 1.76. The van der Waals surface area contributed by atoms with Crippen LogP contribution in [0.3, 0.4) is 0 Å². The van der Waals surface area contributed by atoms with Gasteiger partial charge >= 0.3 is 0 Å². The van der Waals surface area contributed by atoms with Crippen LogP contribution in [0.1, 0.15) is 12.0 Å². The van der Waals surface area contributed by atoms with E-state index in [-0.39, 0.29) is 30.6 Å².